The summed E-state index contributed by atoms with van der Waals surface area (Å²) in [7, 11) is 0. The van der Waals surface area contributed by atoms with Crippen LogP contribution in [0.2, 0.25) is 0 Å². The zero-order valence-corrected chi connectivity index (χ0v) is 17.7. The minimum absolute atomic E-state index is 0.0632. The second-order valence-electron chi connectivity index (χ2n) is 7.43. The Labute approximate surface area is 184 Å². The smallest absolute Gasteiger partial charge is 0.245 e. The van der Waals surface area contributed by atoms with Crippen molar-refractivity contribution in [3.8, 4) is 11.3 Å². The van der Waals surface area contributed by atoms with E-state index >= 15 is 0 Å². The Bertz CT molecular complexity index is 1140. The molecular weight excluding hydrogens is 408 g/mol. The Balaban J connectivity index is 1.38. The highest BCUT2D eigenvalue weighted by Crippen LogP contribution is 2.28. The molecule has 0 saturated heterocycles. The zero-order chi connectivity index (χ0) is 21.0. The molecule has 1 atom stereocenters. The van der Waals surface area contributed by atoms with Gasteiger partial charge in [0.25, 0.3) is 0 Å². The third-order valence-corrected chi connectivity index (χ3v) is 6.18. The molecule has 0 radical (unpaired) electrons. The summed E-state index contributed by atoms with van der Waals surface area (Å²) in [4.78, 5) is 24.8. The molecule has 8 heteroatoms. The number of benzene rings is 1. The minimum atomic E-state index is -0.338. The van der Waals surface area contributed by atoms with E-state index in [-0.39, 0.29) is 11.9 Å². The fourth-order valence-electron chi connectivity index (χ4n) is 3.82. The van der Waals surface area contributed by atoms with Crippen LogP contribution in [0.15, 0.2) is 72.6 Å². The van der Waals surface area contributed by atoms with Crippen molar-refractivity contribution in [3.05, 3.63) is 83.1 Å². The molecule has 1 aliphatic heterocycles. The summed E-state index contributed by atoms with van der Waals surface area (Å²) in [5.74, 6) is 0.905. The van der Waals surface area contributed by atoms with Crippen LogP contribution in [-0.2, 0) is 24.3 Å². The maximum absolute atomic E-state index is 13.6. The number of amides is 1. The normalized spacial score (nSPS) is 13.9. The monoisotopic (exact) mass is 430 g/mol. The molecule has 0 spiro atoms. The maximum atomic E-state index is 13.6. The van der Waals surface area contributed by atoms with Crippen molar-refractivity contribution < 1.29 is 4.79 Å². The first kappa shape index (κ1) is 19.6. The van der Waals surface area contributed by atoms with E-state index in [9.17, 15) is 4.79 Å². The first-order valence-corrected chi connectivity index (χ1v) is 11.1. The lowest BCUT2D eigenvalue weighted by molar-refractivity contribution is -0.120. The highest BCUT2D eigenvalue weighted by atomic mass is 32.1. The minimum Gasteiger partial charge on any atom is -0.301 e. The van der Waals surface area contributed by atoms with Crippen LogP contribution in [0.25, 0.3) is 11.3 Å². The Hall–Kier alpha value is -3.36. The lowest BCUT2D eigenvalue weighted by atomic mass is 10.0. The lowest BCUT2D eigenvalue weighted by Crippen LogP contribution is -2.47. The Morgan fingerprint density at radius 2 is 1.94 bits per heavy atom. The van der Waals surface area contributed by atoms with Gasteiger partial charge in [-0.05, 0) is 24.1 Å². The molecule has 3 aromatic heterocycles. The van der Waals surface area contributed by atoms with Crippen LogP contribution in [0.5, 0.6) is 0 Å². The Morgan fingerprint density at radius 3 is 2.71 bits per heavy atom. The van der Waals surface area contributed by atoms with Gasteiger partial charge in [0.15, 0.2) is 0 Å². The van der Waals surface area contributed by atoms with E-state index in [1.165, 1.54) is 0 Å². The quantitative estimate of drug-likeness (QED) is 0.487. The topological polar surface area (TPSA) is 75.9 Å². The van der Waals surface area contributed by atoms with E-state index in [1.54, 1.807) is 23.7 Å². The van der Waals surface area contributed by atoms with Gasteiger partial charge in [-0.15, -0.1) is 11.3 Å². The van der Waals surface area contributed by atoms with Gasteiger partial charge >= 0.3 is 0 Å². The van der Waals surface area contributed by atoms with Crippen LogP contribution in [0.1, 0.15) is 10.4 Å². The molecule has 1 N–H and O–H groups in total. The lowest BCUT2D eigenvalue weighted by Gasteiger charge is -2.23. The van der Waals surface area contributed by atoms with E-state index < -0.39 is 0 Å². The summed E-state index contributed by atoms with van der Waals surface area (Å²) >= 11 is 1.59. The van der Waals surface area contributed by atoms with E-state index in [0.717, 1.165) is 27.5 Å². The Morgan fingerprint density at radius 1 is 1.10 bits per heavy atom. The first-order chi connectivity index (χ1) is 15.3. The van der Waals surface area contributed by atoms with Gasteiger partial charge < -0.3 is 5.32 Å². The van der Waals surface area contributed by atoms with Crippen molar-refractivity contribution in [2.45, 2.75) is 25.6 Å². The standard InChI is InChI=1S/C23H22N6OS/c30-23(21(12-17-4-2-1-3-5-17)26-15-19-14-25-16-31-19)28-10-11-29-22(28)13-20(27-29)18-6-8-24-9-7-18/h1-9,13-14,16,21,26H,10-12,15H2/t21-/m0/s1. The van der Waals surface area contributed by atoms with Crippen molar-refractivity contribution in [1.82, 2.24) is 25.1 Å². The molecule has 0 aliphatic carbocycles. The van der Waals surface area contributed by atoms with E-state index in [2.05, 4.69) is 27.4 Å². The molecule has 1 amide bonds. The number of aromatic nitrogens is 4. The zero-order valence-electron chi connectivity index (χ0n) is 16.9. The average Bonchev–Trinajstić information content (AvgIpc) is 3.55. The number of thiazole rings is 1. The van der Waals surface area contributed by atoms with Crippen molar-refractivity contribution in [2.24, 2.45) is 0 Å². The van der Waals surface area contributed by atoms with Crippen LogP contribution >= 0.6 is 11.3 Å². The second kappa shape index (κ2) is 8.79. The molecule has 5 rings (SSSR count). The van der Waals surface area contributed by atoms with Gasteiger partial charge in [0.1, 0.15) is 5.82 Å². The fraction of sp³-hybridized carbons (Fsp3) is 0.217. The van der Waals surface area contributed by atoms with Gasteiger partial charge in [0.2, 0.25) is 5.91 Å². The number of hydrogen-bond acceptors (Lipinski definition) is 6. The van der Waals surface area contributed by atoms with Crippen LogP contribution < -0.4 is 10.2 Å². The third-order valence-electron chi connectivity index (χ3n) is 5.40. The fourth-order valence-corrected chi connectivity index (χ4v) is 4.37. The second-order valence-corrected chi connectivity index (χ2v) is 8.40. The molecule has 1 aliphatic rings. The van der Waals surface area contributed by atoms with Crippen molar-refractivity contribution >= 4 is 23.1 Å². The number of fused-ring (bicyclic) bond motifs is 1. The number of rotatable bonds is 7. The van der Waals surface area contributed by atoms with Gasteiger partial charge in [0, 0.05) is 48.2 Å². The summed E-state index contributed by atoms with van der Waals surface area (Å²) in [6.07, 6.45) is 5.97. The molecule has 4 heterocycles. The van der Waals surface area contributed by atoms with E-state index in [4.69, 9.17) is 5.10 Å². The van der Waals surface area contributed by atoms with Gasteiger partial charge in [-0.25, -0.2) is 4.68 Å². The molecule has 31 heavy (non-hydrogen) atoms. The van der Waals surface area contributed by atoms with Crippen molar-refractivity contribution in [1.29, 1.82) is 0 Å². The molecule has 0 bridgehead atoms. The van der Waals surface area contributed by atoms with E-state index in [1.807, 2.05) is 57.7 Å². The van der Waals surface area contributed by atoms with Crippen LogP contribution in [0.4, 0.5) is 5.82 Å². The van der Waals surface area contributed by atoms with Crippen LogP contribution in [0, 0.1) is 0 Å². The summed E-state index contributed by atoms with van der Waals surface area (Å²) < 4.78 is 1.91. The van der Waals surface area contributed by atoms with E-state index in [0.29, 0.717) is 26.1 Å². The van der Waals surface area contributed by atoms with Crippen LogP contribution in [0.3, 0.4) is 0 Å². The largest absolute Gasteiger partial charge is 0.301 e. The number of carbonyl (C=O) groups is 1. The highest BCUT2D eigenvalue weighted by molar-refractivity contribution is 7.09. The molecule has 4 aromatic rings. The Kier molecular flexibility index (Phi) is 5.56. The SMILES string of the molecule is O=C([C@H](Cc1ccccc1)NCc1cncs1)N1CCn2nc(-c3ccncc3)cc21. The molecule has 0 saturated carbocycles. The van der Waals surface area contributed by atoms with Crippen LogP contribution in [-0.4, -0.2) is 38.2 Å². The number of anilines is 1. The van der Waals surface area contributed by atoms with Gasteiger partial charge in [-0.3, -0.25) is 19.7 Å². The summed E-state index contributed by atoms with van der Waals surface area (Å²) in [5, 5.41) is 8.15. The number of carbonyl (C=O) groups excluding carboxylic acids is 1. The molecule has 1 aromatic carbocycles. The number of nitrogens with one attached hydrogen (secondary N) is 1. The van der Waals surface area contributed by atoms with Gasteiger partial charge in [-0.2, -0.15) is 5.10 Å². The van der Waals surface area contributed by atoms with Crippen molar-refractivity contribution in [2.75, 3.05) is 11.4 Å². The average molecular weight is 431 g/mol. The summed E-state index contributed by atoms with van der Waals surface area (Å²) in [6, 6.07) is 15.6. The molecule has 156 valence electrons. The molecule has 7 nitrogen and oxygen atoms in total. The predicted molar refractivity (Wildman–Crippen MR) is 121 cm³/mol. The summed E-state index contributed by atoms with van der Waals surface area (Å²) in [6.45, 7) is 1.94. The van der Waals surface area contributed by atoms with Gasteiger partial charge in [-0.1, -0.05) is 30.3 Å². The number of hydrogen-bond donors (Lipinski definition) is 1. The molecular formula is C23H22N6OS. The predicted octanol–water partition coefficient (Wildman–Crippen LogP) is 3.15. The maximum Gasteiger partial charge on any atom is 0.245 e. The molecule has 0 fully saturated rings. The number of pyridine rings is 1. The van der Waals surface area contributed by atoms with Crippen molar-refractivity contribution in [3.63, 3.8) is 0 Å². The number of nitrogens with zero attached hydrogens (tertiary/aromatic N) is 5. The first-order valence-electron chi connectivity index (χ1n) is 10.2. The van der Waals surface area contributed by atoms with Gasteiger partial charge in [0.05, 0.1) is 23.8 Å². The highest BCUT2D eigenvalue weighted by Gasteiger charge is 2.32. The summed E-state index contributed by atoms with van der Waals surface area (Å²) in [5.41, 5.74) is 4.79. The third kappa shape index (κ3) is 4.26. The molecule has 0 unspecified atom stereocenters.